The van der Waals surface area contributed by atoms with Crippen LogP contribution in [0.4, 0.5) is 4.39 Å². The number of ketones is 1. The molecule has 1 aliphatic carbocycles. The van der Waals surface area contributed by atoms with Crippen LogP contribution in [0.15, 0.2) is 60.0 Å². The Morgan fingerprint density at radius 3 is 2.72 bits per heavy atom. The largest absolute Gasteiger partial charge is 0.493 e. The predicted molar refractivity (Wildman–Crippen MR) is 134 cm³/mol. The van der Waals surface area contributed by atoms with Crippen LogP contribution in [0.2, 0.25) is 0 Å². The molecule has 2 N–H and O–H groups in total. The van der Waals surface area contributed by atoms with Crippen LogP contribution >= 0.6 is 11.3 Å². The second kappa shape index (κ2) is 10.0. The average Bonchev–Trinajstić information content (AvgIpc) is 3.32. The monoisotopic (exact) mass is 506 g/mol. The van der Waals surface area contributed by atoms with Crippen molar-refractivity contribution in [1.29, 1.82) is 0 Å². The minimum Gasteiger partial charge on any atom is -0.493 e. The highest BCUT2D eigenvalue weighted by molar-refractivity contribution is 7.17. The van der Waals surface area contributed by atoms with E-state index in [4.69, 9.17) is 9.47 Å². The number of nitrogens with zero attached hydrogens (tertiary/aromatic N) is 1. The van der Waals surface area contributed by atoms with E-state index in [1.807, 2.05) is 11.4 Å². The van der Waals surface area contributed by atoms with Gasteiger partial charge in [-0.2, -0.15) is 0 Å². The quantitative estimate of drug-likeness (QED) is 0.338. The molecule has 1 aliphatic rings. The number of halogens is 1. The van der Waals surface area contributed by atoms with Gasteiger partial charge in [-0.15, -0.1) is 11.3 Å². The van der Waals surface area contributed by atoms with E-state index in [0.29, 0.717) is 40.3 Å². The Balaban J connectivity index is 1.26. The lowest BCUT2D eigenvalue weighted by Crippen LogP contribution is -2.37. The molecule has 2 aromatic carbocycles. The summed E-state index contributed by atoms with van der Waals surface area (Å²) < 4.78 is 25.8. The molecule has 2 heterocycles. The summed E-state index contributed by atoms with van der Waals surface area (Å²) in [7, 11) is 1.48. The molecule has 0 spiro atoms. The summed E-state index contributed by atoms with van der Waals surface area (Å²) in [6.07, 6.45) is 0.691. The third-order valence-electron chi connectivity index (χ3n) is 6.06. The van der Waals surface area contributed by atoms with Crippen molar-refractivity contribution in [3.63, 3.8) is 0 Å². The number of hydrogen-bond donors (Lipinski definition) is 2. The van der Waals surface area contributed by atoms with E-state index < -0.39 is 5.91 Å². The van der Waals surface area contributed by atoms with Crippen LogP contribution in [0.1, 0.15) is 33.7 Å². The van der Waals surface area contributed by atoms with Crippen molar-refractivity contribution in [3.8, 4) is 22.8 Å². The van der Waals surface area contributed by atoms with Gasteiger partial charge < -0.3 is 19.9 Å². The number of carbonyl (C=O) groups excluding carboxylic acids is 2. The molecule has 4 aromatic rings. The molecular weight excluding hydrogens is 483 g/mol. The Labute approximate surface area is 210 Å². The molecule has 5 rings (SSSR count). The normalized spacial score (nSPS) is 16.9. The van der Waals surface area contributed by atoms with Crippen molar-refractivity contribution >= 4 is 33.1 Å². The van der Waals surface area contributed by atoms with Gasteiger partial charge in [0, 0.05) is 34.7 Å². The molecule has 0 bridgehead atoms. The van der Waals surface area contributed by atoms with Gasteiger partial charge in [-0.1, -0.05) is 18.2 Å². The Hall–Kier alpha value is -3.82. The fraction of sp³-hybridized carbons (Fsp3) is 0.222. The van der Waals surface area contributed by atoms with Crippen LogP contribution in [-0.2, 0) is 0 Å². The average molecular weight is 507 g/mol. The number of thiophene rings is 1. The highest BCUT2D eigenvalue weighted by atomic mass is 32.1. The minimum absolute atomic E-state index is 0.0828. The number of benzene rings is 2. The maximum absolute atomic E-state index is 14.1. The number of hydrogen-bond acceptors (Lipinski definition) is 7. The molecule has 7 nitrogen and oxygen atoms in total. The van der Waals surface area contributed by atoms with E-state index in [1.54, 1.807) is 42.5 Å². The molecule has 0 atom stereocenters. The first-order valence-electron chi connectivity index (χ1n) is 11.4. The van der Waals surface area contributed by atoms with Gasteiger partial charge in [-0.3, -0.25) is 9.59 Å². The summed E-state index contributed by atoms with van der Waals surface area (Å²) in [6.45, 7) is -0.241. The Morgan fingerprint density at radius 2 is 1.94 bits per heavy atom. The third kappa shape index (κ3) is 4.80. The zero-order valence-electron chi connectivity index (χ0n) is 19.4. The number of amides is 1. The molecule has 0 radical (unpaired) electrons. The summed E-state index contributed by atoms with van der Waals surface area (Å²) in [5.74, 6) is -0.209. The molecule has 0 saturated heterocycles. The second-order valence-corrected chi connectivity index (χ2v) is 9.39. The van der Waals surface area contributed by atoms with Crippen molar-refractivity contribution < 1.29 is 28.6 Å². The van der Waals surface area contributed by atoms with Crippen LogP contribution in [0.3, 0.4) is 0 Å². The van der Waals surface area contributed by atoms with Crippen LogP contribution in [0, 0.1) is 5.82 Å². The van der Waals surface area contributed by atoms with Crippen molar-refractivity contribution in [2.45, 2.75) is 25.0 Å². The third-order valence-corrected chi connectivity index (χ3v) is 7.07. The molecule has 0 aliphatic heterocycles. The lowest BCUT2D eigenvalue weighted by atomic mass is 9.92. The predicted octanol–water partition coefficient (Wildman–Crippen LogP) is 4.63. The number of aliphatic hydroxyl groups is 1. The first kappa shape index (κ1) is 23.9. The number of fused-ring (bicyclic) bond motifs is 1. The molecule has 184 valence electrons. The lowest BCUT2D eigenvalue weighted by Gasteiger charge is -2.32. The summed E-state index contributed by atoms with van der Waals surface area (Å²) in [5.41, 5.74) is 1.82. The van der Waals surface area contributed by atoms with E-state index in [0.717, 1.165) is 10.9 Å². The molecule has 36 heavy (non-hydrogen) atoms. The molecule has 9 heteroatoms. The maximum atomic E-state index is 14.1. The van der Waals surface area contributed by atoms with Crippen molar-refractivity contribution in [2.75, 3.05) is 13.7 Å². The van der Waals surface area contributed by atoms with Crippen LogP contribution < -0.4 is 14.8 Å². The van der Waals surface area contributed by atoms with Crippen LogP contribution in [0.5, 0.6) is 11.5 Å². The van der Waals surface area contributed by atoms with Gasteiger partial charge in [0.25, 0.3) is 5.91 Å². The van der Waals surface area contributed by atoms with Gasteiger partial charge in [0.15, 0.2) is 17.3 Å². The highest BCUT2D eigenvalue weighted by Crippen LogP contribution is 2.35. The van der Waals surface area contributed by atoms with E-state index in [2.05, 4.69) is 10.3 Å². The first-order valence-corrected chi connectivity index (χ1v) is 12.3. The molecule has 1 fully saturated rings. The number of nitrogens with one attached hydrogen (secondary N) is 1. The number of carbonyl (C=O) groups is 2. The maximum Gasteiger partial charge on any atom is 0.251 e. The molecule has 2 aromatic heterocycles. The van der Waals surface area contributed by atoms with Gasteiger partial charge in [-0.25, -0.2) is 9.37 Å². The number of aliphatic hydroxyl groups excluding tert-OH is 1. The zero-order chi connectivity index (χ0) is 25.2. The Kier molecular flexibility index (Phi) is 6.67. The lowest BCUT2D eigenvalue weighted by molar-refractivity contribution is -0.0118. The molecular formula is C27H23FN2O5S. The minimum atomic E-state index is -0.442. The fourth-order valence-corrected chi connectivity index (χ4v) is 5.00. The first-order chi connectivity index (χ1) is 17.4. The van der Waals surface area contributed by atoms with E-state index in [-0.39, 0.29) is 36.0 Å². The van der Waals surface area contributed by atoms with E-state index >= 15 is 0 Å². The highest BCUT2D eigenvalue weighted by Gasteiger charge is 2.29. The fourth-order valence-electron chi connectivity index (χ4n) is 4.03. The van der Waals surface area contributed by atoms with Gasteiger partial charge in [0.05, 0.1) is 30.2 Å². The van der Waals surface area contributed by atoms with Crippen LogP contribution in [0.25, 0.3) is 21.3 Å². The van der Waals surface area contributed by atoms with Gasteiger partial charge in [0.1, 0.15) is 17.6 Å². The number of methoxy groups -OCH3 is 1. The summed E-state index contributed by atoms with van der Waals surface area (Å²) in [6, 6.07) is 14.7. The number of ether oxygens (including phenoxy) is 2. The molecule has 0 unspecified atom stereocenters. The van der Waals surface area contributed by atoms with E-state index in [9.17, 15) is 19.1 Å². The van der Waals surface area contributed by atoms with Gasteiger partial charge >= 0.3 is 0 Å². The van der Waals surface area contributed by atoms with Gasteiger partial charge in [0.2, 0.25) is 0 Å². The van der Waals surface area contributed by atoms with Crippen molar-refractivity contribution in [2.24, 2.45) is 0 Å². The Bertz CT molecular complexity index is 1450. The zero-order valence-corrected chi connectivity index (χ0v) is 20.2. The van der Waals surface area contributed by atoms with E-state index in [1.165, 1.54) is 24.5 Å². The summed E-state index contributed by atoms with van der Waals surface area (Å²) in [5, 5.41) is 14.6. The molecule has 1 amide bonds. The summed E-state index contributed by atoms with van der Waals surface area (Å²) >= 11 is 1.29. The van der Waals surface area contributed by atoms with Crippen LogP contribution in [-0.4, -0.2) is 47.6 Å². The number of pyridine rings is 1. The summed E-state index contributed by atoms with van der Waals surface area (Å²) in [4.78, 5) is 29.9. The molecule has 1 saturated carbocycles. The van der Waals surface area contributed by atoms with Crippen molar-refractivity contribution in [3.05, 3.63) is 77.1 Å². The topological polar surface area (TPSA) is 97.8 Å². The Morgan fingerprint density at radius 1 is 1.14 bits per heavy atom. The second-order valence-electron chi connectivity index (χ2n) is 8.51. The number of Topliss-reactive ketones (excluding diaryl/α,β-unsaturated/α-hetero) is 1. The SMILES string of the molecule is COc1cc(C(=O)NCC(=O)c2cccc(-c3csc4c(F)cccc34)n2)ccc1OC1CC(O)C1. The smallest absolute Gasteiger partial charge is 0.251 e. The number of aromatic nitrogens is 1. The number of rotatable bonds is 8. The van der Waals surface area contributed by atoms with Crippen molar-refractivity contribution in [1.82, 2.24) is 10.3 Å². The van der Waals surface area contributed by atoms with Gasteiger partial charge in [-0.05, 0) is 36.4 Å². The standard InChI is InChI=1S/C27H23FN2O5S/c1-34-25-10-15(8-9-24(25)35-17-11-16(31)12-17)27(33)29-13-23(32)22-7-3-6-21(30-22)19-14-36-26-18(19)4-2-5-20(26)28/h2-10,14,16-17,31H,11-13H2,1H3,(H,29,33).